The lowest BCUT2D eigenvalue weighted by atomic mass is 9.94. The van der Waals surface area contributed by atoms with Gasteiger partial charge in [0.15, 0.2) is 0 Å². The molecule has 0 radical (unpaired) electrons. The van der Waals surface area contributed by atoms with Gasteiger partial charge in [0.25, 0.3) is 0 Å². The Morgan fingerprint density at radius 3 is 2.16 bits per heavy atom. The van der Waals surface area contributed by atoms with Gasteiger partial charge < -0.3 is 5.11 Å². The van der Waals surface area contributed by atoms with Crippen LogP contribution in [0.15, 0.2) is 30.3 Å². The Kier molecular flexibility index (Phi) is 6.03. The Morgan fingerprint density at radius 1 is 1.16 bits per heavy atom. The molecule has 2 N–H and O–H groups in total. The molecule has 106 valence electrons. The molecule has 0 aromatic heterocycles. The topological polar surface area (TPSA) is 49.3 Å². The molecule has 0 fully saturated rings. The molecule has 0 saturated heterocycles. The predicted molar refractivity (Wildman–Crippen MR) is 78.0 cm³/mol. The highest BCUT2D eigenvalue weighted by molar-refractivity contribution is 5.73. The smallest absolute Gasteiger partial charge is 0.320 e. The van der Waals surface area contributed by atoms with E-state index >= 15 is 0 Å². The van der Waals surface area contributed by atoms with Crippen molar-refractivity contribution in [3.63, 3.8) is 0 Å². The Balaban J connectivity index is 2.89. The molecule has 0 saturated carbocycles. The van der Waals surface area contributed by atoms with Crippen LogP contribution in [0.4, 0.5) is 0 Å². The molecule has 0 bridgehead atoms. The molecule has 1 aromatic rings. The van der Waals surface area contributed by atoms with Crippen LogP contribution in [0.3, 0.4) is 0 Å². The number of aliphatic carboxylic acids is 1. The molecule has 1 aromatic carbocycles. The van der Waals surface area contributed by atoms with Crippen LogP contribution in [0.25, 0.3) is 0 Å². The van der Waals surface area contributed by atoms with E-state index in [1.165, 1.54) is 0 Å². The van der Waals surface area contributed by atoms with Crippen LogP contribution in [0.2, 0.25) is 0 Å². The number of nitrogens with one attached hydrogen (secondary N) is 1. The summed E-state index contributed by atoms with van der Waals surface area (Å²) in [5, 5.41) is 12.6. The van der Waals surface area contributed by atoms with E-state index in [1.807, 2.05) is 32.0 Å². The number of hydrogen-bond donors (Lipinski definition) is 2. The largest absolute Gasteiger partial charge is 0.480 e. The molecule has 2 unspecified atom stereocenters. The number of carboxylic acids is 1. The minimum atomic E-state index is -0.778. The fraction of sp³-hybridized carbons (Fsp3) is 0.562. The molecule has 0 spiro atoms. The van der Waals surface area contributed by atoms with E-state index in [2.05, 4.69) is 31.3 Å². The number of rotatable bonds is 7. The van der Waals surface area contributed by atoms with E-state index in [0.29, 0.717) is 5.92 Å². The first-order valence-corrected chi connectivity index (χ1v) is 6.95. The van der Waals surface area contributed by atoms with Crippen molar-refractivity contribution in [2.75, 3.05) is 0 Å². The lowest BCUT2D eigenvalue weighted by Gasteiger charge is -2.27. The molecule has 3 nitrogen and oxygen atoms in total. The van der Waals surface area contributed by atoms with Gasteiger partial charge in [-0.25, -0.2) is 0 Å². The Morgan fingerprint density at radius 2 is 1.74 bits per heavy atom. The van der Waals surface area contributed by atoms with Crippen molar-refractivity contribution in [1.29, 1.82) is 0 Å². The Labute approximate surface area is 116 Å². The van der Waals surface area contributed by atoms with E-state index < -0.39 is 12.0 Å². The number of benzene rings is 1. The van der Waals surface area contributed by atoms with Gasteiger partial charge in [-0.1, -0.05) is 58.0 Å². The standard InChI is InChI=1S/C16H25NO2/c1-11(2)10-14(13-8-6-5-7-9-13)17-15(12(3)4)16(18)19/h5-9,11-12,14-15,17H,10H2,1-4H3,(H,18,19). The zero-order chi connectivity index (χ0) is 14.4. The molecule has 0 heterocycles. The molecule has 0 amide bonds. The number of carboxylic acid groups (broad SMARTS) is 1. The summed E-state index contributed by atoms with van der Waals surface area (Å²) in [5.41, 5.74) is 1.16. The lowest BCUT2D eigenvalue weighted by Crippen LogP contribution is -2.43. The Bertz CT molecular complexity index is 387. The molecular formula is C16H25NO2. The second kappa shape index (κ2) is 7.29. The molecular weight excluding hydrogens is 238 g/mol. The van der Waals surface area contributed by atoms with Gasteiger partial charge in [0.05, 0.1) is 0 Å². The van der Waals surface area contributed by atoms with Crippen LogP contribution in [0, 0.1) is 11.8 Å². The van der Waals surface area contributed by atoms with Crippen molar-refractivity contribution < 1.29 is 9.90 Å². The summed E-state index contributed by atoms with van der Waals surface area (Å²) in [6.07, 6.45) is 0.931. The third-order valence-corrected chi connectivity index (χ3v) is 3.22. The third-order valence-electron chi connectivity index (χ3n) is 3.22. The van der Waals surface area contributed by atoms with Gasteiger partial charge in [0.2, 0.25) is 0 Å². The van der Waals surface area contributed by atoms with Crippen molar-refractivity contribution in [3.8, 4) is 0 Å². The van der Waals surface area contributed by atoms with Gasteiger partial charge in [0.1, 0.15) is 6.04 Å². The first-order valence-electron chi connectivity index (χ1n) is 6.95. The monoisotopic (exact) mass is 263 g/mol. The second-order valence-corrected chi connectivity index (χ2v) is 5.82. The van der Waals surface area contributed by atoms with Crippen molar-refractivity contribution in [2.24, 2.45) is 11.8 Å². The first kappa shape index (κ1) is 15.7. The van der Waals surface area contributed by atoms with Crippen molar-refractivity contribution in [2.45, 2.75) is 46.2 Å². The van der Waals surface area contributed by atoms with Crippen LogP contribution in [0.1, 0.15) is 45.7 Å². The summed E-state index contributed by atoms with van der Waals surface area (Å²) in [6.45, 7) is 8.18. The highest BCUT2D eigenvalue weighted by Gasteiger charge is 2.25. The van der Waals surface area contributed by atoms with E-state index in [0.717, 1.165) is 12.0 Å². The molecule has 2 atom stereocenters. The lowest BCUT2D eigenvalue weighted by molar-refractivity contribution is -0.141. The quantitative estimate of drug-likeness (QED) is 0.792. The minimum absolute atomic E-state index is 0.0656. The van der Waals surface area contributed by atoms with Gasteiger partial charge in [-0.15, -0.1) is 0 Å². The first-order chi connectivity index (χ1) is 8.91. The van der Waals surface area contributed by atoms with Gasteiger partial charge in [-0.05, 0) is 23.8 Å². The summed E-state index contributed by atoms with van der Waals surface area (Å²) in [5.74, 6) is -0.199. The number of carbonyl (C=O) groups is 1. The number of hydrogen-bond acceptors (Lipinski definition) is 2. The predicted octanol–water partition coefficient (Wildman–Crippen LogP) is 3.47. The minimum Gasteiger partial charge on any atom is -0.480 e. The highest BCUT2D eigenvalue weighted by atomic mass is 16.4. The molecule has 0 aliphatic heterocycles. The summed E-state index contributed by atoms with van der Waals surface area (Å²) in [4.78, 5) is 11.3. The van der Waals surface area contributed by atoms with Crippen molar-refractivity contribution >= 4 is 5.97 Å². The normalized spacial score (nSPS) is 14.6. The van der Waals surface area contributed by atoms with E-state index in [-0.39, 0.29) is 12.0 Å². The Hall–Kier alpha value is -1.35. The second-order valence-electron chi connectivity index (χ2n) is 5.82. The van der Waals surface area contributed by atoms with Crippen molar-refractivity contribution in [1.82, 2.24) is 5.32 Å². The van der Waals surface area contributed by atoms with E-state index in [4.69, 9.17) is 0 Å². The zero-order valence-corrected chi connectivity index (χ0v) is 12.3. The van der Waals surface area contributed by atoms with Crippen molar-refractivity contribution in [3.05, 3.63) is 35.9 Å². The van der Waals surface area contributed by atoms with Crippen LogP contribution < -0.4 is 5.32 Å². The third kappa shape index (κ3) is 5.03. The van der Waals surface area contributed by atoms with Crippen LogP contribution in [-0.2, 0) is 4.79 Å². The van der Waals surface area contributed by atoms with Gasteiger partial charge >= 0.3 is 5.97 Å². The summed E-state index contributed by atoms with van der Waals surface area (Å²) < 4.78 is 0. The fourth-order valence-electron chi connectivity index (χ4n) is 2.22. The summed E-state index contributed by atoms with van der Waals surface area (Å²) >= 11 is 0. The maximum absolute atomic E-state index is 11.3. The molecule has 1 rings (SSSR count). The van der Waals surface area contributed by atoms with E-state index in [9.17, 15) is 9.90 Å². The SMILES string of the molecule is CC(C)CC(NC(C(=O)O)C(C)C)c1ccccc1. The summed E-state index contributed by atoms with van der Waals surface area (Å²) in [7, 11) is 0. The molecule has 3 heteroatoms. The van der Waals surface area contributed by atoms with Crippen LogP contribution >= 0.6 is 0 Å². The zero-order valence-electron chi connectivity index (χ0n) is 12.3. The van der Waals surface area contributed by atoms with Crippen LogP contribution in [-0.4, -0.2) is 17.1 Å². The molecule has 0 aliphatic carbocycles. The van der Waals surface area contributed by atoms with Gasteiger partial charge in [0, 0.05) is 6.04 Å². The van der Waals surface area contributed by atoms with E-state index in [1.54, 1.807) is 0 Å². The summed E-state index contributed by atoms with van der Waals surface area (Å²) in [6, 6.07) is 9.66. The van der Waals surface area contributed by atoms with Gasteiger partial charge in [-0.2, -0.15) is 0 Å². The maximum Gasteiger partial charge on any atom is 0.320 e. The highest BCUT2D eigenvalue weighted by Crippen LogP contribution is 2.22. The fourth-order valence-corrected chi connectivity index (χ4v) is 2.22. The average molecular weight is 263 g/mol. The molecule has 19 heavy (non-hydrogen) atoms. The van der Waals surface area contributed by atoms with Gasteiger partial charge in [-0.3, -0.25) is 10.1 Å². The average Bonchev–Trinajstić information content (AvgIpc) is 2.34. The maximum atomic E-state index is 11.3. The van der Waals surface area contributed by atoms with Crippen LogP contribution in [0.5, 0.6) is 0 Å². The molecule has 0 aliphatic rings.